The summed E-state index contributed by atoms with van der Waals surface area (Å²) in [6.45, 7) is 7.46. The summed E-state index contributed by atoms with van der Waals surface area (Å²) in [7, 11) is 1.98. The van der Waals surface area contributed by atoms with Gasteiger partial charge in [-0.3, -0.25) is 0 Å². The molecule has 0 aliphatic carbocycles. The van der Waals surface area contributed by atoms with E-state index < -0.39 is 0 Å². The molecule has 0 saturated heterocycles. The molecule has 0 amide bonds. The van der Waals surface area contributed by atoms with Crippen LogP contribution in [0, 0.1) is 6.92 Å². The molecule has 0 fully saturated rings. The Morgan fingerprint density at radius 3 is 2.88 bits per heavy atom. The Labute approximate surface area is 196 Å². The van der Waals surface area contributed by atoms with Crippen molar-refractivity contribution in [2.24, 2.45) is 7.05 Å². The highest BCUT2D eigenvalue weighted by Gasteiger charge is 2.19. The average molecular weight is 469 g/mol. The van der Waals surface area contributed by atoms with Gasteiger partial charge in [-0.15, -0.1) is 21.5 Å². The van der Waals surface area contributed by atoms with E-state index in [1.807, 2.05) is 29.9 Å². The summed E-state index contributed by atoms with van der Waals surface area (Å²) >= 11 is 3.64. The summed E-state index contributed by atoms with van der Waals surface area (Å²) < 4.78 is 8.87. The summed E-state index contributed by atoms with van der Waals surface area (Å²) in [6, 6.07) is 4.52. The largest absolute Gasteiger partial charge is 0.440 e. The van der Waals surface area contributed by atoms with Crippen molar-refractivity contribution < 1.29 is 4.42 Å². The lowest BCUT2D eigenvalue weighted by atomic mass is 10.0. The molecule has 9 heteroatoms. The maximum absolute atomic E-state index is 5.47. The number of hydrogen-bond acceptors (Lipinski definition) is 8. The van der Waals surface area contributed by atoms with E-state index in [0.717, 1.165) is 67.7 Å². The van der Waals surface area contributed by atoms with Crippen molar-refractivity contribution in [2.45, 2.75) is 44.7 Å². The fourth-order valence-corrected chi connectivity index (χ4v) is 6.22. The van der Waals surface area contributed by atoms with Crippen LogP contribution in [0.15, 0.2) is 28.1 Å². The third kappa shape index (κ3) is 4.21. The first-order valence-corrected chi connectivity index (χ1v) is 13.0. The maximum Gasteiger partial charge on any atom is 0.202 e. The second-order valence-corrected chi connectivity index (χ2v) is 10.3. The van der Waals surface area contributed by atoms with Crippen LogP contribution in [0.25, 0.3) is 21.8 Å². The van der Waals surface area contributed by atoms with E-state index in [2.05, 4.69) is 39.1 Å². The van der Waals surface area contributed by atoms with Crippen LogP contribution in [-0.4, -0.2) is 55.0 Å². The Morgan fingerprint density at radius 1 is 1.19 bits per heavy atom. The van der Waals surface area contributed by atoms with Crippen molar-refractivity contribution in [2.75, 3.05) is 25.4 Å². The van der Waals surface area contributed by atoms with Crippen LogP contribution < -0.4 is 0 Å². The van der Waals surface area contributed by atoms with E-state index in [1.165, 1.54) is 32.7 Å². The van der Waals surface area contributed by atoms with Crippen LogP contribution in [0.2, 0.25) is 0 Å². The van der Waals surface area contributed by atoms with Crippen LogP contribution in [0.1, 0.15) is 35.2 Å². The van der Waals surface area contributed by atoms with Gasteiger partial charge < -0.3 is 13.9 Å². The van der Waals surface area contributed by atoms with Gasteiger partial charge in [-0.05, 0) is 56.3 Å². The molecule has 0 radical (unpaired) electrons. The van der Waals surface area contributed by atoms with Crippen molar-refractivity contribution >= 4 is 33.3 Å². The lowest BCUT2D eigenvalue weighted by Gasteiger charge is -2.19. The third-order valence-corrected chi connectivity index (χ3v) is 8.49. The number of thiazole rings is 1. The number of aryl methyl sites for hydroxylation is 2. The van der Waals surface area contributed by atoms with Gasteiger partial charge in [-0.2, -0.15) is 0 Å². The Morgan fingerprint density at radius 2 is 2.06 bits per heavy atom. The van der Waals surface area contributed by atoms with Gasteiger partial charge in [-0.1, -0.05) is 24.8 Å². The van der Waals surface area contributed by atoms with E-state index in [-0.39, 0.29) is 0 Å². The molecule has 0 bridgehead atoms. The lowest BCUT2D eigenvalue weighted by Crippen LogP contribution is -2.27. The van der Waals surface area contributed by atoms with E-state index in [9.17, 15) is 0 Å². The van der Waals surface area contributed by atoms with Crippen molar-refractivity contribution in [3.05, 3.63) is 40.4 Å². The van der Waals surface area contributed by atoms with Gasteiger partial charge in [-0.25, -0.2) is 9.97 Å². The van der Waals surface area contributed by atoms with Gasteiger partial charge in [0.2, 0.25) is 5.82 Å². The number of aromatic nitrogens is 5. The molecule has 0 atom stereocenters. The van der Waals surface area contributed by atoms with E-state index in [1.54, 1.807) is 11.8 Å². The summed E-state index contributed by atoms with van der Waals surface area (Å²) in [6.07, 6.45) is 5.84. The molecule has 168 valence electrons. The molecule has 0 unspecified atom stereocenters. The number of thioether (sulfide) groups is 1. The zero-order chi connectivity index (χ0) is 22.1. The van der Waals surface area contributed by atoms with Gasteiger partial charge in [0, 0.05) is 25.9 Å². The fraction of sp³-hybridized carbons (Fsp3) is 0.478. The van der Waals surface area contributed by atoms with Crippen molar-refractivity contribution in [3.63, 3.8) is 0 Å². The topological polar surface area (TPSA) is 72.9 Å². The lowest BCUT2D eigenvalue weighted by molar-refractivity contribution is 0.289. The highest BCUT2D eigenvalue weighted by atomic mass is 32.2. The van der Waals surface area contributed by atoms with Crippen LogP contribution in [0.4, 0.5) is 0 Å². The third-order valence-electron chi connectivity index (χ3n) is 6.11. The van der Waals surface area contributed by atoms with Crippen LogP contribution >= 0.6 is 23.1 Å². The minimum atomic E-state index is 0.692. The van der Waals surface area contributed by atoms with Gasteiger partial charge >= 0.3 is 0 Å². The zero-order valence-electron chi connectivity index (χ0n) is 18.8. The standard InChI is InChI=1S/C23H28N6OS2/c1-4-19-25-18-7-6-16-8-11-29(12-9-17(16)21(18)32-19)10-5-13-31-23-27-26-22(28(23)3)20-15(2)24-14-30-20/h6-7,14H,4-5,8-13H2,1-3H3. The van der Waals surface area contributed by atoms with Gasteiger partial charge in [0.15, 0.2) is 17.3 Å². The molecule has 32 heavy (non-hydrogen) atoms. The first-order valence-electron chi connectivity index (χ1n) is 11.2. The number of fused-ring (bicyclic) bond motifs is 3. The Hall–Kier alpha value is -2.23. The number of rotatable bonds is 7. The molecule has 0 N–H and O–H groups in total. The summed E-state index contributed by atoms with van der Waals surface area (Å²) in [5, 5.41) is 10.8. The normalized spacial score (nSPS) is 14.7. The zero-order valence-corrected chi connectivity index (χ0v) is 20.4. The Bertz CT molecular complexity index is 1230. The molecule has 0 spiro atoms. The average Bonchev–Trinajstić information content (AvgIpc) is 3.47. The monoisotopic (exact) mass is 468 g/mol. The predicted octanol–water partition coefficient (Wildman–Crippen LogP) is 4.53. The van der Waals surface area contributed by atoms with Crippen molar-refractivity contribution in [1.29, 1.82) is 0 Å². The number of oxazole rings is 1. The number of benzene rings is 1. The molecule has 1 aromatic carbocycles. The molecule has 7 nitrogen and oxygen atoms in total. The SMILES string of the molecule is CCc1nc2ccc3c(c2s1)CCN(CCCSc1nnc(-c2ocnc2C)n1C)CC3. The Balaban J connectivity index is 1.16. The molecular weight excluding hydrogens is 440 g/mol. The predicted molar refractivity (Wildman–Crippen MR) is 129 cm³/mol. The van der Waals surface area contributed by atoms with Crippen molar-refractivity contribution in [1.82, 2.24) is 29.6 Å². The second-order valence-electron chi connectivity index (χ2n) is 8.19. The van der Waals surface area contributed by atoms with Crippen LogP contribution in [0.3, 0.4) is 0 Å². The molecule has 1 aliphatic rings. The number of hydrogen-bond donors (Lipinski definition) is 0. The number of nitrogens with zero attached hydrogens (tertiary/aromatic N) is 6. The van der Waals surface area contributed by atoms with Gasteiger partial charge in [0.05, 0.1) is 20.9 Å². The second kappa shape index (κ2) is 9.33. The minimum absolute atomic E-state index is 0.692. The molecule has 4 heterocycles. The van der Waals surface area contributed by atoms with E-state index in [4.69, 9.17) is 9.40 Å². The first-order chi connectivity index (χ1) is 15.6. The quantitative estimate of drug-likeness (QED) is 0.291. The molecule has 5 rings (SSSR count). The molecule has 0 saturated carbocycles. The van der Waals surface area contributed by atoms with Crippen LogP contribution in [0.5, 0.6) is 0 Å². The molecule has 4 aromatic rings. The highest BCUT2D eigenvalue weighted by Crippen LogP contribution is 2.31. The summed E-state index contributed by atoms with van der Waals surface area (Å²) in [4.78, 5) is 11.5. The molecular formula is C23H28N6OS2. The van der Waals surface area contributed by atoms with Crippen molar-refractivity contribution in [3.8, 4) is 11.6 Å². The fourth-order valence-electron chi connectivity index (χ4n) is 4.28. The van der Waals surface area contributed by atoms with Crippen LogP contribution in [-0.2, 0) is 26.3 Å². The molecule has 1 aliphatic heterocycles. The Kier molecular flexibility index (Phi) is 6.30. The minimum Gasteiger partial charge on any atom is -0.440 e. The van der Waals surface area contributed by atoms with Gasteiger partial charge in [0.25, 0.3) is 0 Å². The summed E-state index contributed by atoms with van der Waals surface area (Å²) in [5.74, 6) is 2.44. The highest BCUT2D eigenvalue weighted by molar-refractivity contribution is 7.99. The first kappa shape index (κ1) is 21.6. The van der Waals surface area contributed by atoms with E-state index in [0.29, 0.717) is 5.76 Å². The maximum atomic E-state index is 5.47. The van der Waals surface area contributed by atoms with E-state index >= 15 is 0 Å². The van der Waals surface area contributed by atoms with Gasteiger partial charge in [0.1, 0.15) is 0 Å². The smallest absolute Gasteiger partial charge is 0.202 e. The summed E-state index contributed by atoms with van der Waals surface area (Å²) in [5.41, 5.74) is 5.06. The molecule has 3 aromatic heterocycles.